The minimum absolute atomic E-state index is 0. The van der Waals surface area contributed by atoms with Crippen LogP contribution >= 0.6 is 23.7 Å². The van der Waals surface area contributed by atoms with Crippen molar-refractivity contribution in [3.8, 4) is 0 Å². The van der Waals surface area contributed by atoms with Crippen LogP contribution in [-0.2, 0) is 9.53 Å². The van der Waals surface area contributed by atoms with Gasteiger partial charge in [0.05, 0.1) is 17.4 Å². The fraction of sp³-hybridized carbons (Fsp3) is 0.500. The first-order valence-corrected chi connectivity index (χ1v) is 5.75. The number of esters is 1. The monoisotopic (exact) mass is 294 g/mol. The molecule has 1 atom stereocenters. The topological polar surface area (TPSA) is 95.5 Å². The maximum atomic E-state index is 11.6. The molecule has 0 aliphatic carbocycles. The molecule has 102 valence electrons. The van der Waals surface area contributed by atoms with Gasteiger partial charge < -0.3 is 10.5 Å². The Labute approximate surface area is 115 Å². The van der Waals surface area contributed by atoms with E-state index in [2.05, 4.69) is 4.74 Å². The van der Waals surface area contributed by atoms with Crippen LogP contribution in [0.15, 0.2) is 11.4 Å². The molecule has 0 spiro atoms. The van der Waals surface area contributed by atoms with Gasteiger partial charge in [-0.1, -0.05) is 11.3 Å². The highest BCUT2D eigenvalue weighted by atomic mass is 35.5. The largest absolute Gasteiger partial charge is 0.469 e. The fourth-order valence-corrected chi connectivity index (χ4v) is 2.17. The minimum atomic E-state index is -0.927. The highest BCUT2D eigenvalue weighted by Gasteiger charge is 2.37. The Bertz CT molecular complexity index is 447. The van der Waals surface area contributed by atoms with Crippen LogP contribution in [0.1, 0.15) is 25.5 Å². The Morgan fingerprint density at radius 1 is 1.61 bits per heavy atom. The first-order chi connectivity index (χ1) is 7.80. The SMILES string of the molecule is COC(=O)C(C)(C)[C@@H](N)c1csc([N+](=O)[O-])c1.Cl. The molecule has 0 fully saturated rings. The number of methoxy groups -OCH3 is 1. The van der Waals surface area contributed by atoms with E-state index in [1.807, 2.05) is 0 Å². The molecule has 1 rings (SSSR count). The van der Waals surface area contributed by atoms with E-state index < -0.39 is 22.3 Å². The first kappa shape index (κ1) is 16.8. The van der Waals surface area contributed by atoms with Gasteiger partial charge in [0.1, 0.15) is 0 Å². The Balaban J connectivity index is 0.00000289. The average molecular weight is 295 g/mol. The van der Waals surface area contributed by atoms with Gasteiger partial charge in [0.25, 0.3) is 0 Å². The summed E-state index contributed by atoms with van der Waals surface area (Å²) in [7, 11) is 1.28. The molecule has 18 heavy (non-hydrogen) atoms. The summed E-state index contributed by atoms with van der Waals surface area (Å²) in [6.45, 7) is 3.29. The van der Waals surface area contributed by atoms with Gasteiger partial charge >= 0.3 is 11.0 Å². The zero-order valence-corrected chi connectivity index (χ0v) is 11.8. The van der Waals surface area contributed by atoms with Crippen molar-refractivity contribution >= 4 is 34.7 Å². The van der Waals surface area contributed by atoms with Gasteiger partial charge in [0.15, 0.2) is 0 Å². The van der Waals surface area contributed by atoms with Crippen LogP contribution in [0, 0.1) is 15.5 Å². The molecular formula is C10H15ClN2O4S. The zero-order chi connectivity index (χ0) is 13.2. The van der Waals surface area contributed by atoms with E-state index in [0.717, 1.165) is 11.3 Å². The minimum Gasteiger partial charge on any atom is -0.469 e. The Morgan fingerprint density at radius 2 is 2.17 bits per heavy atom. The second-order valence-corrected chi connectivity index (χ2v) is 5.06. The number of rotatable bonds is 4. The fourth-order valence-electron chi connectivity index (χ4n) is 1.40. The lowest BCUT2D eigenvalue weighted by molar-refractivity contribution is -0.380. The van der Waals surface area contributed by atoms with Gasteiger partial charge in [-0.3, -0.25) is 14.9 Å². The molecule has 0 amide bonds. The van der Waals surface area contributed by atoms with E-state index in [9.17, 15) is 14.9 Å². The molecule has 0 saturated heterocycles. The van der Waals surface area contributed by atoms with Gasteiger partial charge in [-0.2, -0.15) is 0 Å². The van der Waals surface area contributed by atoms with Crippen molar-refractivity contribution in [2.24, 2.45) is 11.1 Å². The van der Waals surface area contributed by atoms with E-state index in [1.165, 1.54) is 13.2 Å². The maximum Gasteiger partial charge on any atom is 0.324 e. The molecule has 0 aliphatic rings. The van der Waals surface area contributed by atoms with Crippen molar-refractivity contribution < 1.29 is 14.5 Å². The lowest BCUT2D eigenvalue weighted by Gasteiger charge is -2.27. The number of nitrogens with two attached hydrogens (primary N) is 1. The Hall–Kier alpha value is -1.18. The first-order valence-electron chi connectivity index (χ1n) is 4.87. The highest BCUT2D eigenvalue weighted by molar-refractivity contribution is 7.13. The van der Waals surface area contributed by atoms with Crippen LogP contribution in [0.5, 0.6) is 0 Å². The van der Waals surface area contributed by atoms with Crippen molar-refractivity contribution in [3.63, 3.8) is 0 Å². The molecule has 0 aliphatic heterocycles. The number of hydrogen-bond acceptors (Lipinski definition) is 6. The summed E-state index contributed by atoms with van der Waals surface area (Å²) in [4.78, 5) is 21.6. The van der Waals surface area contributed by atoms with E-state index in [-0.39, 0.29) is 17.4 Å². The van der Waals surface area contributed by atoms with Crippen LogP contribution in [-0.4, -0.2) is 18.0 Å². The predicted octanol–water partition coefficient (Wildman–Crippen LogP) is 2.28. The third kappa shape index (κ3) is 3.18. The zero-order valence-electron chi connectivity index (χ0n) is 10.2. The van der Waals surface area contributed by atoms with Gasteiger partial charge in [-0.25, -0.2) is 0 Å². The molecule has 0 aromatic carbocycles. The predicted molar refractivity (Wildman–Crippen MR) is 70.9 cm³/mol. The van der Waals surface area contributed by atoms with Gasteiger partial charge in [-0.05, 0) is 19.4 Å². The van der Waals surface area contributed by atoms with Crippen molar-refractivity contribution in [1.29, 1.82) is 0 Å². The molecule has 0 bridgehead atoms. The van der Waals surface area contributed by atoms with Crippen molar-refractivity contribution in [2.45, 2.75) is 19.9 Å². The standard InChI is InChI=1S/C10H14N2O4S.ClH/c1-10(2,9(13)16-3)8(11)6-4-7(12(14)15)17-5-6;/h4-5,8H,11H2,1-3H3;1H/t8-;/m0./s1. The smallest absolute Gasteiger partial charge is 0.324 e. The summed E-state index contributed by atoms with van der Waals surface area (Å²) in [5.74, 6) is -0.446. The average Bonchev–Trinajstić information content (AvgIpc) is 2.75. The number of thiophene rings is 1. The summed E-state index contributed by atoms with van der Waals surface area (Å²) >= 11 is 0.990. The number of halogens is 1. The van der Waals surface area contributed by atoms with E-state index in [0.29, 0.717) is 5.56 Å². The van der Waals surface area contributed by atoms with Crippen LogP contribution in [0.3, 0.4) is 0 Å². The van der Waals surface area contributed by atoms with Gasteiger partial charge in [0, 0.05) is 17.5 Å². The van der Waals surface area contributed by atoms with Crippen molar-refractivity contribution in [3.05, 3.63) is 27.1 Å². The van der Waals surface area contributed by atoms with E-state index >= 15 is 0 Å². The number of carbonyl (C=O) groups is 1. The Morgan fingerprint density at radius 3 is 2.56 bits per heavy atom. The lowest BCUT2D eigenvalue weighted by Crippen LogP contribution is -2.37. The Kier molecular flexibility index (Phi) is 5.72. The van der Waals surface area contributed by atoms with Gasteiger partial charge in [0.2, 0.25) is 0 Å². The molecule has 8 heteroatoms. The van der Waals surface area contributed by atoms with Crippen LogP contribution in [0.25, 0.3) is 0 Å². The molecule has 0 unspecified atom stereocenters. The summed E-state index contributed by atoms with van der Waals surface area (Å²) < 4.78 is 4.66. The molecule has 0 saturated carbocycles. The third-order valence-corrected chi connectivity index (χ3v) is 3.53. The van der Waals surface area contributed by atoms with Crippen LogP contribution in [0.4, 0.5) is 5.00 Å². The molecule has 1 heterocycles. The third-order valence-electron chi connectivity index (χ3n) is 2.63. The molecule has 1 aromatic heterocycles. The molecule has 2 N–H and O–H groups in total. The van der Waals surface area contributed by atoms with Crippen LogP contribution in [0.2, 0.25) is 0 Å². The van der Waals surface area contributed by atoms with E-state index in [1.54, 1.807) is 19.2 Å². The van der Waals surface area contributed by atoms with Crippen molar-refractivity contribution in [2.75, 3.05) is 7.11 Å². The number of ether oxygens (including phenoxy) is 1. The van der Waals surface area contributed by atoms with E-state index in [4.69, 9.17) is 5.73 Å². The maximum absolute atomic E-state index is 11.6. The molecule has 6 nitrogen and oxygen atoms in total. The summed E-state index contributed by atoms with van der Waals surface area (Å²) in [5.41, 5.74) is 5.59. The molecule has 1 aromatic rings. The number of nitrogens with zero attached hydrogens (tertiary/aromatic N) is 1. The number of nitro groups is 1. The normalized spacial score (nSPS) is 12.4. The molecule has 0 radical (unpaired) electrons. The summed E-state index contributed by atoms with van der Waals surface area (Å²) in [6.07, 6.45) is 0. The number of carbonyl (C=O) groups excluding carboxylic acids is 1. The van der Waals surface area contributed by atoms with Gasteiger partial charge in [-0.15, -0.1) is 12.4 Å². The summed E-state index contributed by atoms with van der Waals surface area (Å²) in [6, 6.07) is 0.750. The van der Waals surface area contributed by atoms with Crippen LogP contribution < -0.4 is 5.73 Å². The number of hydrogen-bond donors (Lipinski definition) is 1. The molecular weight excluding hydrogens is 280 g/mol. The second kappa shape index (κ2) is 6.12. The van der Waals surface area contributed by atoms with Crippen molar-refractivity contribution in [1.82, 2.24) is 0 Å². The quantitative estimate of drug-likeness (QED) is 0.522. The second-order valence-electron chi connectivity index (χ2n) is 4.17. The highest BCUT2D eigenvalue weighted by Crippen LogP contribution is 2.36. The summed E-state index contributed by atoms with van der Waals surface area (Å²) in [5, 5.41) is 12.2. The lowest BCUT2D eigenvalue weighted by atomic mass is 9.82.